The molecule has 3 rings (SSSR count). The minimum Gasteiger partial charge on any atom is -0.313 e. The van der Waals surface area contributed by atoms with Crippen LogP contribution in [0.2, 0.25) is 5.02 Å². The van der Waals surface area contributed by atoms with Crippen molar-refractivity contribution in [3.63, 3.8) is 0 Å². The molecule has 0 spiro atoms. The van der Waals surface area contributed by atoms with Crippen LogP contribution in [0.25, 0.3) is 0 Å². The highest BCUT2D eigenvalue weighted by atomic mass is 35.5. The van der Waals surface area contributed by atoms with Crippen LogP contribution in [-0.4, -0.2) is 49.8 Å². The van der Waals surface area contributed by atoms with E-state index in [1.165, 1.54) is 29.3 Å². The molecule has 0 radical (unpaired) electrons. The van der Waals surface area contributed by atoms with E-state index in [-0.39, 0.29) is 40.2 Å². The van der Waals surface area contributed by atoms with Gasteiger partial charge in [-0.3, -0.25) is 14.9 Å². The second kappa shape index (κ2) is 11.3. The number of aryl methyl sites for hydroxylation is 1. The highest BCUT2D eigenvalue weighted by Gasteiger charge is 2.40. The molecular formula is C23H29ClN4O5S. The summed E-state index contributed by atoms with van der Waals surface area (Å²) < 4.78 is 28.8. The molecule has 2 aromatic rings. The van der Waals surface area contributed by atoms with E-state index in [4.69, 9.17) is 11.6 Å². The largest absolute Gasteiger partial charge is 0.313 e. The Hall–Kier alpha value is -2.53. The lowest BCUT2D eigenvalue weighted by Gasteiger charge is -2.42. The zero-order chi connectivity index (χ0) is 24.9. The number of halogens is 1. The zero-order valence-corrected chi connectivity index (χ0v) is 20.8. The number of nitrogens with zero attached hydrogens (tertiary/aromatic N) is 3. The van der Waals surface area contributed by atoms with Gasteiger partial charge in [0.1, 0.15) is 6.04 Å². The Labute approximate surface area is 204 Å². The number of hydrogen-bond donors (Lipinski definition) is 1. The molecule has 0 amide bonds. The first-order chi connectivity index (χ1) is 16.2. The van der Waals surface area contributed by atoms with Crippen molar-refractivity contribution in [2.45, 2.75) is 50.5 Å². The SMILES string of the molecule is CCCCCC(=O)C1CNCCN1N(c1cc([N+](=O)[O-])ccc1Cl)S(=O)(=O)c1ccc(C)cc1. The van der Waals surface area contributed by atoms with Gasteiger partial charge in [-0.05, 0) is 31.5 Å². The highest BCUT2D eigenvalue weighted by molar-refractivity contribution is 7.92. The maximum absolute atomic E-state index is 13.9. The number of nitro groups is 1. The van der Waals surface area contributed by atoms with E-state index in [2.05, 4.69) is 5.32 Å². The van der Waals surface area contributed by atoms with E-state index in [1.807, 2.05) is 13.8 Å². The lowest BCUT2D eigenvalue weighted by atomic mass is 10.0. The summed E-state index contributed by atoms with van der Waals surface area (Å²) in [6.07, 6.45) is 2.88. The highest BCUT2D eigenvalue weighted by Crippen LogP contribution is 2.36. The zero-order valence-electron chi connectivity index (χ0n) is 19.2. The Morgan fingerprint density at radius 3 is 2.59 bits per heavy atom. The summed E-state index contributed by atoms with van der Waals surface area (Å²) in [5, 5.41) is 16.1. The minimum atomic E-state index is -4.25. The monoisotopic (exact) mass is 508 g/mol. The molecule has 34 heavy (non-hydrogen) atoms. The molecule has 2 aromatic carbocycles. The third kappa shape index (κ3) is 5.75. The fraction of sp³-hybridized carbons (Fsp3) is 0.435. The third-order valence-corrected chi connectivity index (χ3v) is 7.79. The molecule has 1 aliphatic rings. The number of carbonyl (C=O) groups is 1. The van der Waals surface area contributed by atoms with Crippen LogP contribution >= 0.6 is 11.6 Å². The molecule has 9 nitrogen and oxygen atoms in total. The number of benzene rings is 2. The number of non-ortho nitro benzene ring substituents is 1. The number of sulfonamides is 1. The molecule has 0 aromatic heterocycles. The van der Waals surface area contributed by atoms with Crippen molar-refractivity contribution in [1.82, 2.24) is 10.3 Å². The van der Waals surface area contributed by atoms with Crippen molar-refractivity contribution in [1.29, 1.82) is 0 Å². The van der Waals surface area contributed by atoms with Gasteiger partial charge in [-0.15, -0.1) is 0 Å². The van der Waals surface area contributed by atoms with Gasteiger partial charge in [0.05, 0.1) is 20.5 Å². The fourth-order valence-electron chi connectivity index (χ4n) is 3.88. The van der Waals surface area contributed by atoms with Crippen LogP contribution in [0.3, 0.4) is 0 Å². The predicted octanol–water partition coefficient (Wildman–Crippen LogP) is 4.09. The number of hydrogen-bond acceptors (Lipinski definition) is 7. The number of carbonyl (C=O) groups excluding carboxylic acids is 1. The number of anilines is 1. The molecule has 1 heterocycles. The summed E-state index contributed by atoms with van der Waals surface area (Å²) in [6.45, 7) is 4.78. The number of ketones is 1. The maximum atomic E-state index is 13.9. The van der Waals surface area contributed by atoms with Crippen molar-refractivity contribution < 1.29 is 18.1 Å². The molecule has 0 saturated carbocycles. The van der Waals surface area contributed by atoms with Crippen LogP contribution in [0.5, 0.6) is 0 Å². The van der Waals surface area contributed by atoms with E-state index in [1.54, 1.807) is 12.1 Å². The second-order valence-corrected chi connectivity index (χ2v) is 10.4. The van der Waals surface area contributed by atoms with Gasteiger partial charge >= 0.3 is 0 Å². The average Bonchev–Trinajstić information content (AvgIpc) is 2.81. The Morgan fingerprint density at radius 1 is 1.24 bits per heavy atom. The van der Waals surface area contributed by atoms with Gasteiger partial charge in [0.2, 0.25) is 0 Å². The van der Waals surface area contributed by atoms with Crippen molar-refractivity contribution in [2.24, 2.45) is 0 Å². The summed E-state index contributed by atoms with van der Waals surface area (Å²) in [4.78, 5) is 24.0. The number of hydrazine groups is 1. The van der Waals surface area contributed by atoms with E-state index < -0.39 is 21.0 Å². The predicted molar refractivity (Wildman–Crippen MR) is 131 cm³/mol. The molecule has 1 fully saturated rings. The van der Waals surface area contributed by atoms with Gasteiger partial charge < -0.3 is 5.32 Å². The van der Waals surface area contributed by atoms with Gasteiger partial charge in [0.25, 0.3) is 15.7 Å². The van der Waals surface area contributed by atoms with E-state index in [9.17, 15) is 23.3 Å². The average molecular weight is 509 g/mol. The fourth-order valence-corrected chi connectivity index (χ4v) is 5.69. The lowest BCUT2D eigenvalue weighted by Crippen LogP contribution is -2.62. The number of nitro benzene ring substituents is 1. The first kappa shape index (κ1) is 26.1. The van der Waals surface area contributed by atoms with Crippen LogP contribution < -0.4 is 9.73 Å². The Kier molecular flexibility index (Phi) is 8.64. The van der Waals surface area contributed by atoms with Crippen LogP contribution in [0.4, 0.5) is 11.4 Å². The number of rotatable bonds is 10. The maximum Gasteiger partial charge on any atom is 0.278 e. The van der Waals surface area contributed by atoms with Crippen molar-refractivity contribution in [3.8, 4) is 0 Å². The number of unbranched alkanes of at least 4 members (excludes halogenated alkanes) is 2. The molecule has 0 aliphatic carbocycles. The van der Waals surface area contributed by atoms with Crippen LogP contribution in [0, 0.1) is 17.0 Å². The molecular weight excluding hydrogens is 480 g/mol. The lowest BCUT2D eigenvalue weighted by molar-refractivity contribution is -0.384. The molecule has 1 aliphatic heterocycles. The first-order valence-corrected chi connectivity index (χ1v) is 13.0. The molecule has 1 N–H and O–H groups in total. The number of piperazine rings is 1. The van der Waals surface area contributed by atoms with Crippen LogP contribution in [0.15, 0.2) is 47.4 Å². The van der Waals surface area contributed by atoms with E-state index in [0.29, 0.717) is 19.4 Å². The van der Waals surface area contributed by atoms with Crippen molar-refractivity contribution in [2.75, 3.05) is 24.0 Å². The summed E-state index contributed by atoms with van der Waals surface area (Å²) in [5.41, 5.74) is 0.513. The van der Waals surface area contributed by atoms with Crippen LogP contribution in [-0.2, 0) is 14.8 Å². The Balaban J connectivity index is 2.15. The molecule has 1 atom stereocenters. The molecule has 1 saturated heterocycles. The summed E-state index contributed by atoms with van der Waals surface area (Å²) in [7, 11) is -4.25. The van der Waals surface area contributed by atoms with Crippen molar-refractivity contribution in [3.05, 3.63) is 63.2 Å². The van der Waals surface area contributed by atoms with E-state index in [0.717, 1.165) is 28.9 Å². The topological polar surface area (TPSA) is 113 Å². The van der Waals surface area contributed by atoms with Gasteiger partial charge in [0.15, 0.2) is 5.78 Å². The Morgan fingerprint density at radius 2 is 1.94 bits per heavy atom. The Bertz CT molecular complexity index is 1140. The van der Waals surface area contributed by atoms with Gasteiger partial charge in [0, 0.05) is 38.2 Å². The molecule has 1 unspecified atom stereocenters. The smallest absolute Gasteiger partial charge is 0.278 e. The van der Waals surface area contributed by atoms with Gasteiger partial charge in [-0.25, -0.2) is 0 Å². The normalized spacial score (nSPS) is 16.9. The quantitative estimate of drug-likeness (QED) is 0.292. The number of Topliss-reactive ketones (excluding diaryl/α,β-unsaturated/α-hetero) is 1. The van der Waals surface area contributed by atoms with Gasteiger partial charge in [-0.1, -0.05) is 49.1 Å². The standard InChI is InChI=1S/C23H29ClN4O5S/c1-3-4-5-6-23(29)22-16-25-13-14-26(22)27(21-15-18(28(30)31)9-12-20(21)24)34(32,33)19-10-7-17(2)8-11-19/h7-12,15,22,25H,3-6,13-14,16H2,1-2H3. The van der Waals surface area contributed by atoms with Crippen molar-refractivity contribution >= 4 is 38.8 Å². The summed E-state index contributed by atoms with van der Waals surface area (Å²) >= 11 is 6.41. The number of nitrogens with one attached hydrogen (secondary N) is 1. The van der Waals surface area contributed by atoms with Crippen LogP contribution in [0.1, 0.15) is 38.2 Å². The molecule has 0 bridgehead atoms. The second-order valence-electron chi connectivity index (χ2n) is 8.26. The first-order valence-electron chi connectivity index (χ1n) is 11.2. The summed E-state index contributed by atoms with van der Waals surface area (Å²) in [6, 6.07) is 9.18. The molecule has 11 heteroatoms. The van der Waals surface area contributed by atoms with Gasteiger partial charge in [-0.2, -0.15) is 17.8 Å². The molecule has 184 valence electrons. The van der Waals surface area contributed by atoms with E-state index >= 15 is 0 Å². The third-order valence-electron chi connectivity index (χ3n) is 5.74. The summed E-state index contributed by atoms with van der Waals surface area (Å²) in [5.74, 6) is -0.0914. The minimum absolute atomic E-state index is 0.00334.